The molecule has 2 heterocycles. The van der Waals surface area contributed by atoms with Crippen LogP contribution in [0.2, 0.25) is 5.02 Å². The monoisotopic (exact) mass is 657 g/mol. The topological polar surface area (TPSA) is 160 Å². The Balaban J connectivity index is 1.37. The van der Waals surface area contributed by atoms with Crippen molar-refractivity contribution in [2.45, 2.75) is 45.6 Å². The Bertz CT molecular complexity index is 1820. The van der Waals surface area contributed by atoms with E-state index in [4.69, 9.17) is 35.7 Å². The molecule has 0 amide bonds. The maximum absolute atomic E-state index is 11.8. The third kappa shape index (κ3) is 8.49. The van der Waals surface area contributed by atoms with Crippen LogP contribution in [0.5, 0.6) is 23.0 Å². The van der Waals surface area contributed by atoms with Crippen molar-refractivity contribution in [1.29, 1.82) is 5.26 Å². The second-order valence-electron chi connectivity index (χ2n) is 10.8. The second-order valence-corrected chi connectivity index (χ2v) is 11.2. The van der Waals surface area contributed by atoms with Crippen molar-refractivity contribution in [3.05, 3.63) is 99.8 Å². The van der Waals surface area contributed by atoms with E-state index >= 15 is 0 Å². The van der Waals surface area contributed by atoms with Gasteiger partial charge in [0.25, 0.3) is 0 Å². The summed E-state index contributed by atoms with van der Waals surface area (Å²) in [5, 5.41) is 31.0. The number of aromatic nitrogens is 1. The minimum atomic E-state index is -1.17. The lowest BCUT2D eigenvalue weighted by Gasteiger charge is -2.20. The van der Waals surface area contributed by atoms with Gasteiger partial charge in [0.15, 0.2) is 11.5 Å². The van der Waals surface area contributed by atoms with Crippen molar-refractivity contribution in [2.24, 2.45) is 0 Å². The number of pyridine rings is 1. The van der Waals surface area contributed by atoms with E-state index in [1.54, 1.807) is 24.4 Å². The zero-order valence-electron chi connectivity index (χ0n) is 25.5. The molecular formula is C35H32ClN3O8. The minimum absolute atomic E-state index is 0.0269. The smallest absolute Gasteiger partial charge is 0.320 e. The summed E-state index contributed by atoms with van der Waals surface area (Å²) < 4.78 is 23.7. The Hall–Kier alpha value is -5.31. The average molecular weight is 658 g/mol. The molecule has 3 aromatic carbocycles. The molecule has 1 aromatic heterocycles. The van der Waals surface area contributed by atoms with Crippen LogP contribution in [0.3, 0.4) is 0 Å². The van der Waals surface area contributed by atoms with Gasteiger partial charge in [-0.25, -0.2) is 0 Å². The number of hydrogen-bond donors (Lipinski definition) is 3. The van der Waals surface area contributed by atoms with Crippen molar-refractivity contribution in [3.63, 3.8) is 0 Å². The number of nitriles is 1. The van der Waals surface area contributed by atoms with E-state index in [0.29, 0.717) is 47.2 Å². The quantitative estimate of drug-likeness (QED) is 0.148. The minimum Gasteiger partial charge on any atom is -0.488 e. The van der Waals surface area contributed by atoms with Gasteiger partial charge in [-0.2, -0.15) is 5.26 Å². The molecule has 5 rings (SSSR count). The van der Waals surface area contributed by atoms with Crippen molar-refractivity contribution >= 4 is 23.5 Å². The predicted molar refractivity (Wildman–Crippen MR) is 172 cm³/mol. The molecule has 11 nitrogen and oxygen atoms in total. The summed E-state index contributed by atoms with van der Waals surface area (Å²) in [4.78, 5) is 26.9. The number of carbonyl (C=O) groups is 2. The Kier molecular flexibility index (Phi) is 10.8. The third-order valence-corrected chi connectivity index (χ3v) is 7.89. The van der Waals surface area contributed by atoms with Gasteiger partial charge in [-0.15, -0.1) is 0 Å². The summed E-state index contributed by atoms with van der Waals surface area (Å²) in [6.07, 6.45) is 2.61. The number of rotatable bonds is 14. The van der Waals surface area contributed by atoms with Crippen LogP contribution in [0.1, 0.15) is 40.7 Å². The van der Waals surface area contributed by atoms with Crippen LogP contribution >= 0.6 is 11.6 Å². The molecule has 0 saturated carbocycles. The van der Waals surface area contributed by atoms with Gasteiger partial charge < -0.3 is 34.5 Å². The van der Waals surface area contributed by atoms with E-state index in [9.17, 15) is 20.0 Å². The summed E-state index contributed by atoms with van der Waals surface area (Å²) in [6.45, 7) is 3.33. The van der Waals surface area contributed by atoms with Gasteiger partial charge in [0.1, 0.15) is 50.0 Å². The largest absolute Gasteiger partial charge is 0.488 e. The molecule has 3 N–H and O–H groups in total. The first-order valence-corrected chi connectivity index (χ1v) is 15.2. The van der Waals surface area contributed by atoms with Crippen molar-refractivity contribution < 1.29 is 38.7 Å². The molecule has 0 radical (unpaired) electrons. The summed E-state index contributed by atoms with van der Waals surface area (Å²) in [7, 11) is 0. The molecule has 47 heavy (non-hydrogen) atoms. The fourth-order valence-corrected chi connectivity index (χ4v) is 5.32. The van der Waals surface area contributed by atoms with E-state index < -0.39 is 18.0 Å². The normalized spacial score (nSPS) is 12.5. The summed E-state index contributed by atoms with van der Waals surface area (Å²) >= 11 is 6.67. The van der Waals surface area contributed by atoms with Crippen molar-refractivity contribution in [1.82, 2.24) is 10.3 Å². The average Bonchev–Trinajstić information content (AvgIpc) is 3.07. The van der Waals surface area contributed by atoms with Crippen LogP contribution < -0.4 is 24.3 Å². The highest BCUT2D eigenvalue weighted by Crippen LogP contribution is 2.37. The van der Waals surface area contributed by atoms with Gasteiger partial charge in [0.05, 0.1) is 10.6 Å². The number of hydrogen-bond acceptors (Lipinski definition) is 9. The summed E-state index contributed by atoms with van der Waals surface area (Å²) in [5.74, 6) is -0.131. The summed E-state index contributed by atoms with van der Waals surface area (Å²) in [5.41, 5.74) is 5.51. The summed E-state index contributed by atoms with van der Waals surface area (Å²) in [6, 6.07) is 17.7. The van der Waals surface area contributed by atoms with Gasteiger partial charge in [0.2, 0.25) is 0 Å². The first-order chi connectivity index (χ1) is 22.7. The Morgan fingerprint density at radius 1 is 1.00 bits per heavy atom. The van der Waals surface area contributed by atoms with E-state index in [1.165, 1.54) is 6.20 Å². The number of halogens is 1. The van der Waals surface area contributed by atoms with Crippen LogP contribution in [0, 0.1) is 18.3 Å². The van der Waals surface area contributed by atoms with E-state index in [0.717, 1.165) is 28.0 Å². The molecule has 4 aromatic rings. The Labute approximate surface area is 276 Å². The highest BCUT2D eigenvalue weighted by molar-refractivity contribution is 6.32. The van der Waals surface area contributed by atoms with Crippen LogP contribution in [-0.4, -0.2) is 46.4 Å². The number of carboxylic acid groups (broad SMARTS) is 2. The van der Waals surface area contributed by atoms with Gasteiger partial charge in [-0.05, 0) is 59.9 Å². The lowest BCUT2D eigenvalue weighted by atomic mass is 9.96. The fraction of sp³-hybridized carbons (Fsp3) is 0.257. The highest BCUT2D eigenvalue weighted by atomic mass is 35.5. The van der Waals surface area contributed by atoms with Gasteiger partial charge >= 0.3 is 11.9 Å². The van der Waals surface area contributed by atoms with Crippen LogP contribution in [0.15, 0.2) is 67.0 Å². The zero-order valence-corrected chi connectivity index (χ0v) is 26.3. The first-order valence-electron chi connectivity index (χ1n) is 14.8. The molecule has 12 heteroatoms. The van der Waals surface area contributed by atoms with E-state index in [2.05, 4.69) is 10.3 Å². The molecule has 0 saturated heterocycles. The number of ether oxygens (including phenoxy) is 4. The molecule has 0 aliphatic carbocycles. The standard InChI is InChI=1S/C35H32ClN3O8/c1-21-25(3-2-4-27(21)24-5-7-30-33(13-24)45-10-9-44-30)20-47-32-14-31(46-19-23-11-22(15-37)16-38-17-23)26(12-28(32)36)18-39-29(35(42)43)6-8-34(40)41/h2-5,7,11-14,16-17,29,39H,6,8-10,18-20H2,1H3,(H,40,41)(H,42,43). The molecule has 0 fully saturated rings. The lowest BCUT2D eigenvalue weighted by Crippen LogP contribution is -2.36. The fourth-order valence-electron chi connectivity index (χ4n) is 5.08. The van der Waals surface area contributed by atoms with E-state index in [1.807, 2.05) is 49.4 Å². The molecular weight excluding hydrogens is 626 g/mol. The van der Waals surface area contributed by atoms with Crippen molar-refractivity contribution in [2.75, 3.05) is 13.2 Å². The molecule has 0 spiro atoms. The van der Waals surface area contributed by atoms with Gasteiger partial charge in [-0.1, -0.05) is 35.9 Å². The van der Waals surface area contributed by atoms with Crippen LogP contribution in [-0.2, 0) is 29.3 Å². The van der Waals surface area contributed by atoms with Crippen LogP contribution in [0.4, 0.5) is 0 Å². The van der Waals surface area contributed by atoms with Crippen molar-refractivity contribution in [3.8, 4) is 40.2 Å². The Morgan fingerprint density at radius 2 is 1.79 bits per heavy atom. The van der Waals surface area contributed by atoms with E-state index in [-0.39, 0.29) is 37.6 Å². The lowest BCUT2D eigenvalue weighted by molar-refractivity contribution is -0.140. The second kappa shape index (κ2) is 15.3. The SMILES string of the molecule is Cc1c(COc2cc(OCc3cncc(C#N)c3)c(CNC(CCC(=O)O)C(=O)O)cc2Cl)cccc1-c1ccc2c(c1)OCCO2. The molecule has 1 aliphatic rings. The maximum Gasteiger partial charge on any atom is 0.320 e. The predicted octanol–water partition coefficient (Wildman–Crippen LogP) is 5.92. The molecule has 0 bridgehead atoms. The first kappa shape index (κ1) is 33.1. The third-order valence-electron chi connectivity index (χ3n) is 7.60. The number of aliphatic carboxylic acids is 2. The molecule has 1 aliphatic heterocycles. The Morgan fingerprint density at radius 3 is 2.55 bits per heavy atom. The molecule has 1 unspecified atom stereocenters. The van der Waals surface area contributed by atoms with Gasteiger partial charge in [0, 0.05) is 42.6 Å². The maximum atomic E-state index is 11.8. The van der Waals surface area contributed by atoms with Crippen LogP contribution in [0.25, 0.3) is 11.1 Å². The number of nitrogens with zero attached hydrogens (tertiary/aromatic N) is 2. The zero-order chi connectivity index (χ0) is 33.3. The van der Waals surface area contributed by atoms with Gasteiger partial charge in [-0.3, -0.25) is 14.6 Å². The number of benzene rings is 3. The number of carboxylic acids is 2. The number of fused-ring (bicyclic) bond motifs is 1. The molecule has 242 valence electrons. The number of nitrogens with one attached hydrogen (secondary N) is 1. The molecule has 1 atom stereocenters. The highest BCUT2D eigenvalue weighted by Gasteiger charge is 2.20.